The average Bonchev–Trinajstić information content (AvgIpc) is 1.59. The molecule has 0 heterocycles. The van der Waals surface area contributed by atoms with E-state index in [0.717, 1.165) is 115 Å². The van der Waals surface area contributed by atoms with Gasteiger partial charge in [0.2, 0.25) is 0 Å². The lowest BCUT2D eigenvalue weighted by molar-refractivity contribution is -0.161. The number of rotatable bonds is 77. The second-order valence-electron chi connectivity index (χ2n) is 28.2. The molecule has 0 aliphatic heterocycles. The largest absolute Gasteiger partial charge is 0.472 e. The van der Waals surface area contributed by atoms with Gasteiger partial charge in [-0.25, -0.2) is 9.13 Å². The number of ether oxygens (including phenoxy) is 4. The summed E-state index contributed by atoms with van der Waals surface area (Å²) in [6.45, 7) is 7.27. The van der Waals surface area contributed by atoms with E-state index in [2.05, 4.69) is 58.9 Å². The summed E-state index contributed by atoms with van der Waals surface area (Å²) in [4.78, 5) is 72.8. The molecule has 0 saturated carbocycles. The van der Waals surface area contributed by atoms with E-state index in [9.17, 15) is 43.2 Å². The molecule has 0 amide bonds. The van der Waals surface area contributed by atoms with Gasteiger partial charge in [0.25, 0.3) is 0 Å². The zero-order valence-corrected chi connectivity index (χ0v) is 65.2. The van der Waals surface area contributed by atoms with Crippen LogP contribution in [-0.4, -0.2) is 96.7 Å². The number of carbonyl (C=O) groups is 4. The molecule has 0 fully saturated rings. The van der Waals surface area contributed by atoms with Crippen molar-refractivity contribution < 1.29 is 80.2 Å². The van der Waals surface area contributed by atoms with Crippen LogP contribution in [0.4, 0.5) is 0 Å². The summed E-state index contributed by atoms with van der Waals surface area (Å²) >= 11 is 0. The fourth-order valence-electron chi connectivity index (χ4n) is 11.7. The molecule has 0 saturated heterocycles. The number of carbonyl (C=O) groups excluding carboxylic acids is 4. The van der Waals surface area contributed by atoms with Gasteiger partial charge >= 0.3 is 39.5 Å². The van der Waals surface area contributed by atoms with Gasteiger partial charge in [0, 0.05) is 25.7 Å². The van der Waals surface area contributed by atoms with Crippen LogP contribution >= 0.6 is 15.6 Å². The van der Waals surface area contributed by atoms with Crippen molar-refractivity contribution in [3.8, 4) is 0 Å². The Morgan fingerprint density at radius 1 is 0.316 bits per heavy atom. The summed E-state index contributed by atoms with van der Waals surface area (Å²) in [6.07, 6.45) is 64.6. The Morgan fingerprint density at radius 2 is 0.551 bits per heavy atom. The van der Waals surface area contributed by atoms with E-state index in [4.69, 9.17) is 37.0 Å². The molecule has 98 heavy (non-hydrogen) atoms. The van der Waals surface area contributed by atoms with Gasteiger partial charge < -0.3 is 33.8 Å². The molecular formula is C79H150O17P2. The molecule has 19 heteroatoms. The van der Waals surface area contributed by atoms with Gasteiger partial charge in [0.1, 0.15) is 19.3 Å². The number of phosphoric acid groups is 2. The van der Waals surface area contributed by atoms with Crippen LogP contribution in [0.2, 0.25) is 0 Å². The van der Waals surface area contributed by atoms with Gasteiger partial charge in [-0.1, -0.05) is 341 Å². The molecule has 0 aromatic carbocycles. The summed E-state index contributed by atoms with van der Waals surface area (Å²) in [5.41, 5.74) is 0. The van der Waals surface area contributed by atoms with Crippen molar-refractivity contribution >= 4 is 39.5 Å². The van der Waals surface area contributed by atoms with E-state index in [0.29, 0.717) is 25.7 Å². The summed E-state index contributed by atoms with van der Waals surface area (Å²) in [5.74, 6) is -1.32. The maximum absolute atomic E-state index is 13.1. The Morgan fingerprint density at radius 3 is 0.837 bits per heavy atom. The van der Waals surface area contributed by atoms with E-state index < -0.39 is 97.5 Å². The topological polar surface area (TPSA) is 237 Å². The number of hydrogen-bond acceptors (Lipinski definition) is 15. The Hall–Kier alpha value is -2.46. The van der Waals surface area contributed by atoms with E-state index in [-0.39, 0.29) is 25.7 Å². The fourth-order valence-corrected chi connectivity index (χ4v) is 13.3. The molecule has 0 aliphatic rings. The molecule has 0 aromatic rings. The minimum atomic E-state index is -4.97. The van der Waals surface area contributed by atoms with Gasteiger partial charge in [-0.15, -0.1) is 0 Å². The van der Waals surface area contributed by atoms with Gasteiger partial charge in [-0.05, 0) is 57.3 Å². The van der Waals surface area contributed by atoms with Gasteiger partial charge in [-0.3, -0.25) is 37.3 Å². The molecule has 0 spiro atoms. The first-order chi connectivity index (χ1) is 47.5. The Kier molecular flexibility index (Phi) is 69.7. The van der Waals surface area contributed by atoms with Crippen molar-refractivity contribution in [2.75, 3.05) is 39.6 Å². The number of hydrogen-bond donors (Lipinski definition) is 3. The van der Waals surface area contributed by atoms with Crippen molar-refractivity contribution in [1.29, 1.82) is 0 Å². The smallest absolute Gasteiger partial charge is 0.462 e. The predicted molar refractivity (Wildman–Crippen MR) is 400 cm³/mol. The third kappa shape index (κ3) is 71.9. The summed E-state index contributed by atoms with van der Waals surface area (Å²) in [5, 5.41) is 10.6. The molecule has 5 atom stereocenters. The first-order valence-corrected chi connectivity index (χ1v) is 43.4. The normalized spacial score (nSPS) is 14.1. The van der Waals surface area contributed by atoms with Crippen LogP contribution < -0.4 is 0 Å². The summed E-state index contributed by atoms with van der Waals surface area (Å²) < 4.78 is 68.5. The van der Waals surface area contributed by atoms with Crippen LogP contribution in [0.25, 0.3) is 0 Å². The minimum absolute atomic E-state index is 0.102. The summed E-state index contributed by atoms with van der Waals surface area (Å²) in [7, 11) is -9.92. The first-order valence-electron chi connectivity index (χ1n) is 40.5. The highest BCUT2D eigenvalue weighted by Gasteiger charge is 2.30. The molecule has 17 nitrogen and oxygen atoms in total. The fraction of sp³-hybridized carbons (Fsp3) is 0.899. The van der Waals surface area contributed by atoms with Crippen molar-refractivity contribution in [2.45, 2.75) is 412 Å². The zero-order valence-electron chi connectivity index (χ0n) is 63.4. The maximum Gasteiger partial charge on any atom is 0.472 e. The standard InChI is InChI=1S/C79H150O17P2/c1-6-9-12-15-18-21-24-25-30-34-39-43-48-53-58-63-77(82)90-69-75(96-79(84)65-60-55-50-45-40-35-32-29-27-26-28-31-33-38-41-46-51-56-61-72(4)5)71-94-98(87,88)92-67-73(80)66-91-97(85,86)93-70-74(95-78(83)64-59-54-49-44-37-23-20-17-14-11-8-3)68-89-76(81)62-57-52-47-42-36-22-19-16-13-10-7-2/h21,24-25,30,72-75,80H,6-20,22-23,26-29,31-71H2,1-5H3,(H,85,86)(H,87,88)/b24-21-,30-25-/t73-,74+,75+/m0/s1. The number of phosphoric ester groups is 2. The van der Waals surface area contributed by atoms with Crippen molar-refractivity contribution in [1.82, 2.24) is 0 Å². The maximum atomic E-state index is 13.1. The second-order valence-corrected chi connectivity index (χ2v) is 31.2. The number of unbranched alkanes of at least 4 members (excludes halogenated alkanes) is 46. The third-order valence-corrected chi connectivity index (χ3v) is 19.8. The molecule has 578 valence electrons. The third-order valence-electron chi connectivity index (χ3n) is 17.9. The van der Waals surface area contributed by atoms with Crippen LogP contribution in [0.3, 0.4) is 0 Å². The number of esters is 4. The van der Waals surface area contributed by atoms with E-state index in [1.54, 1.807) is 0 Å². The van der Waals surface area contributed by atoms with E-state index in [1.165, 1.54) is 199 Å². The molecule has 0 rings (SSSR count). The number of aliphatic hydroxyl groups excluding tert-OH is 1. The lowest BCUT2D eigenvalue weighted by atomic mass is 10.0. The first kappa shape index (κ1) is 95.5. The molecule has 0 bridgehead atoms. The lowest BCUT2D eigenvalue weighted by Gasteiger charge is -2.21. The van der Waals surface area contributed by atoms with Gasteiger partial charge in [0.05, 0.1) is 26.4 Å². The summed E-state index contributed by atoms with van der Waals surface area (Å²) in [6, 6.07) is 0. The van der Waals surface area contributed by atoms with Crippen molar-refractivity contribution in [3.05, 3.63) is 24.3 Å². The zero-order chi connectivity index (χ0) is 71.9. The highest BCUT2D eigenvalue weighted by atomic mass is 31.2. The number of allylic oxidation sites excluding steroid dienone is 4. The van der Waals surface area contributed by atoms with E-state index in [1.807, 2.05) is 0 Å². The minimum Gasteiger partial charge on any atom is -0.462 e. The monoisotopic (exact) mass is 1430 g/mol. The van der Waals surface area contributed by atoms with Crippen LogP contribution in [-0.2, 0) is 65.4 Å². The van der Waals surface area contributed by atoms with E-state index >= 15 is 0 Å². The quantitative estimate of drug-likeness (QED) is 0.0169. The van der Waals surface area contributed by atoms with Crippen molar-refractivity contribution in [2.24, 2.45) is 5.92 Å². The Labute approximate surface area is 599 Å². The van der Waals surface area contributed by atoms with Crippen LogP contribution in [0, 0.1) is 5.92 Å². The SMILES string of the molecule is CCCCCC/C=C\C=C/CCCCCCCC(=O)OC[C@H](COP(=O)(O)OC[C@@H](O)COP(=O)(O)OC[C@@H](COC(=O)CCCCCCCCCCCCC)OC(=O)CCCCCCCCCCCCC)OC(=O)CCCCCCCCCCCCCCCCCCCCC(C)C. The highest BCUT2D eigenvalue weighted by molar-refractivity contribution is 7.47. The lowest BCUT2D eigenvalue weighted by Crippen LogP contribution is -2.30. The second kappa shape index (κ2) is 71.5. The predicted octanol–water partition coefficient (Wildman–Crippen LogP) is 23.2. The molecule has 0 aliphatic carbocycles. The molecule has 0 radical (unpaired) electrons. The number of aliphatic hydroxyl groups is 1. The molecule has 3 N–H and O–H groups in total. The molecule has 0 aromatic heterocycles. The molecular weight excluding hydrogens is 1280 g/mol. The van der Waals surface area contributed by atoms with Crippen LogP contribution in [0.15, 0.2) is 24.3 Å². The molecule has 2 unspecified atom stereocenters. The van der Waals surface area contributed by atoms with Gasteiger partial charge in [0.15, 0.2) is 12.2 Å². The van der Waals surface area contributed by atoms with Gasteiger partial charge in [-0.2, -0.15) is 0 Å². The average molecular weight is 1430 g/mol. The Balaban J connectivity index is 5.24. The van der Waals surface area contributed by atoms with Crippen molar-refractivity contribution in [3.63, 3.8) is 0 Å². The Bertz CT molecular complexity index is 1970. The highest BCUT2D eigenvalue weighted by Crippen LogP contribution is 2.45. The van der Waals surface area contributed by atoms with Crippen LogP contribution in [0.5, 0.6) is 0 Å². The van der Waals surface area contributed by atoms with Crippen LogP contribution in [0.1, 0.15) is 394 Å².